The summed E-state index contributed by atoms with van der Waals surface area (Å²) in [5, 5.41) is 3.84. The Morgan fingerprint density at radius 2 is 1.57 bits per heavy atom. The van der Waals surface area contributed by atoms with Crippen molar-refractivity contribution in [2.75, 3.05) is 6.61 Å². The van der Waals surface area contributed by atoms with Crippen molar-refractivity contribution in [2.24, 2.45) is 5.16 Å². The number of amides is 2. The summed E-state index contributed by atoms with van der Waals surface area (Å²) in [7, 11) is 0. The largest absolute Gasteiger partial charge is 0.438 e. The standard InChI is InChI=1S/C17H12N2O4/c20-16-12-8-4-5-9-13(12)17(21)19(16)14-10-22-18-15(14)23-11-6-2-1-3-7-11/h1-9,14H,10H2. The van der Waals surface area contributed by atoms with Gasteiger partial charge in [-0.1, -0.05) is 30.3 Å². The van der Waals surface area contributed by atoms with Gasteiger partial charge in [-0.05, 0) is 29.4 Å². The van der Waals surface area contributed by atoms with E-state index in [9.17, 15) is 9.59 Å². The first kappa shape index (κ1) is 13.5. The molecule has 4 rings (SSSR count). The molecular weight excluding hydrogens is 296 g/mol. The molecule has 0 saturated carbocycles. The summed E-state index contributed by atoms with van der Waals surface area (Å²) in [6, 6.07) is 15.1. The smallest absolute Gasteiger partial charge is 0.262 e. The third-order valence-electron chi connectivity index (χ3n) is 3.77. The van der Waals surface area contributed by atoms with Gasteiger partial charge in [0.1, 0.15) is 12.4 Å². The first-order chi connectivity index (χ1) is 11.3. The van der Waals surface area contributed by atoms with Crippen molar-refractivity contribution in [1.82, 2.24) is 4.90 Å². The molecule has 0 aromatic heterocycles. The molecule has 2 aromatic carbocycles. The number of ether oxygens (including phenoxy) is 1. The van der Waals surface area contributed by atoms with Crippen molar-refractivity contribution in [1.29, 1.82) is 0 Å². The van der Waals surface area contributed by atoms with Crippen LogP contribution in [0.4, 0.5) is 0 Å². The summed E-state index contributed by atoms with van der Waals surface area (Å²) in [4.78, 5) is 31.3. The summed E-state index contributed by atoms with van der Waals surface area (Å²) in [6.07, 6.45) is 0. The molecule has 1 unspecified atom stereocenters. The molecule has 0 bridgehead atoms. The van der Waals surface area contributed by atoms with Gasteiger partial charge in [-0.15, -0.1) is 0 Å². The van der Waals surface area contributed by atoms with Gasteiger partial charge in [0.15, 0.2) is 6.04 Å². The number of carbonyl (C=O) groups is 2. The van der Waals surface area contributed by atoms with Gasteiger partial charge in [0, 0.05) is 0 Å². The van der Waals surface area contributed by atoms with E-state index in [2.05, 4.69) is 5.16 Å². The van der Waals surface area contributed by atoms with Crippen molar-refractivity contribution in [2.45, 2.75) is 6.04 Å². The molecule has 0 N–H and O–H groups in total. The maximum Gasteiger partial charge on any atom is 0.262 e. The van der Waals surface area contributed by atoms with Crippen LogP contribution in [0.3, 0.4) is 0 Å². The van der Waals surface area contributed by atoms with Crippen LogP contribution in [0.5, 0.6) is 5.75 Å². The molecule has 2 heterocycles. The van der Waals surface area contributed by atoms with Crippen LogP contribution in [-0.4, -0.2) is 35.3 Å². The van der Waals surface area contributed by atoms with E-state index in [1.165, 1.54) is 0 Å². The lowest BCUT2D eigenvalue weighted by atomic mass is 10.1. The topological polar surface area (TPSA) is 68.2 Å². The second-order valence-electron chi connectivity index (χ2n) is 5.18. The van der Waals surface area contributed by atoms with Gasteiger partial charge in [-0.3, -0.25) is 14.5 Å². The SMILES string of the molecule is O=C1c2ccccc2C(=O)N1C1CON=C1Oc1ccccc1. The van der Waals surface area contributed by atoms with Crippen LogP contribution in [0.15, 0.2) is 59.8 Å². The molecule has 0 radical (unpaired) electrons. The summed E-state index contributed by atoms with van der Waals surface area (Å²) in [5.74, 6) is 0.0555. The summed E-state index contributed by atoms with van der Waals surface area (Å²) < 4.78 is 5.67. The van der Waals surface area contributed by atoms with E-state index in [1.54, 1.807) is 36.4 Å². The zero-order chi connectivity index (χ0) is 15.8. The maximum absolute atomic E-state index is 12.5. The zero-order valence-electron chi connectivity index (χ0n) is 12.0. The number of carbonyl (C=O) groups excluding carboxylic acids is 2. The third-order valence-corrected chi connectivity index (χ3v) is 3.77. The van der Waals surface area contributed by atoms with Crippen LogP contribution in [-0.2, 0) is 4.84 Å². The molecule has 2 aliphatic rings. The molecule has 6 nitrogen and oxygen atoms in total. The predicted molar refractivity (Wildman–Crippen MR) is 81.2 cm³/mol. The molecule has 0 saturated heterocycles. The highest BCUT2D eigenvalue weighted by Gasteiger charge is 2.45. The van der Waals surface area contributed by atoms with Crippen molar-refractivity contribution in [3.8, 4) is 5.75 Å². The molecule has 1 atom stereocenters. The highest BCUT2D eigenvalue weighted by molar-refractivity contribution is 6.23. The Balaban J connectivity index is 1.63. The molecule has 6 heteroatoms. The number of oxime groups is 1. The van der Waals surface area contributed by atoms with Crippen molar-refractivity contribution >= 4 is 17.7 Å². The quantitative estimate of drug-likeness (QED) is 0.797. The lowest BCUT2D eigenvalue weighted by Gasteiger charge is -2.21. The number of fused-ring (bicyclic) bond motifs is 1. The van der Waals surface area contributed by atoms with E-state index in [4.69, 9.17) is 9.57 Å². The van der Waals surface area contributed by atoms with Crippen LogP contribution in [0.1, 0.15) is 20.7 Å². The number of rotatable bonds is 2. The zero-order valence-corrected chi connectivity index (χ0v) is 12.0. The Hall–Kier alpha value is -3.15. The fourth-order valence-corrected chi connectivity index (χ4v) is 2.68. The summed E-state index contributed by atoms with van der Waals surface area (Å²) in [6.45, 7) is 0.0909. The van der Waals surface area contributed by atoms with Crippen molar-refractivity contribution < 1.29 is 19.2 Å². The Morgan fingerprint density at radius 3 is 2.22 bits per heavy atom. The Labute approximate surface area is 131 Å². The van der Waals surface area contributed by atoms with Gasteiger partial charge in [0.2, 0.25) is 0 Å². The molecule has 2 aliphatic heterocycles. The van der Waals surface area contributed by atoms with E-state index in [1.807, 2.05) is 18.2 Å². The Morgan fingerprint density at radius 1 is 0.957 bits per heavy atom. The minimum Gasteiger partial charge on any atom is -0.438 e. The molecule has 0 fully saturated rings. The van der Waals surface area contributed by atoms with E-state index in [0.717, 1.165) is 4.90 Å². The highest BCUT2D eigenvalue weighted by Crippen LogP contribution is 2.27. The monoisotopic (exact) mass is 308 g/mol. The Kier molecular flexibility index (Phi) is 3.08. The van der Waals surface area contributed by atoms with Gasteiger partial charge >= 0.3 is 0 Å². The molecular formula is C17H12N2O4. The van der Waals surface area contributed by atoms with Crippen molar-refractivity contribution in [3.63, 3.8) is 0 Å². The molecule has 2 amide bonds. The highest BCUT2D eigenvalue weighted by atomic mass is 16.7. The number of hydrogen-bond acceptors (Lipinski definition) is 5. The normalized spacial score (nSPS) is 19.4. The van der Waals surface area contributed by atoms with Gasteiger partial charge in [-0.2, -0.15) is 0 Å². The van der Waals surface area contributed by atoms with Crippen LogP contribution in [0.25, 0.3) is 0 Å². The first-order valence-electron chi connectivity index (χ1n) is 7.15. The predicted octanol–water partition coefficient (Wildman–Crippen LogP) is 2.07. The molecule has 114 valence electrons. The van der Waals surface area contributed by atoms with Crippen LogP contribution in [0.2, 0.25) is 0 Å². The fraction of sp³-hybridized carbons (Fsp3) is 0.118. The minimum atomic E-state index is -0.664. The van der Waals surface area contributed by atoms with Crippen molar-refractivity contribution in [3.05, 3.63) is 65.7 Å². The third kappa shape index (κ3) is 2.15. The van der Waals surface area contributed by atoms with Crippen LogP contribution in [0, 0.1) is 0 Å². The van der Waals surface area contributed by atoms with E-state index < -0.39 is 6.04 Å². The summed E-state index contributed by atoms with van der Waals surface area (Å²) >= 11 is 0. The minimum absolute atomic E-state index is 0.0909. The van der Waals surface area contributed by atoms with Crippen LogP contribution < -0.4 is 4.74 Å². The maximum atomic E-state index is 12.5. The molecule has 0 spiro atoms. The van der Waals surface area contributed by atoms with Gasteiger partial charge < -0.3 is 9.57 Å². The van der Waals surface area contributed by atoms with E-state index >= 15 is 0 Å². The molecule has 23 heavy (non-hydrogen) atoms. The van der Waals surface area contributed by atoms with Gasteiger partial charge in [0.25, 0.3) is 17.7 Å². The number of benzene rings is 2. The first-order valence-corrected chi connectivity index (χ1v) is 7.15. The average molecular weight is 308 g/mol. The fourth-order valence-electron chi connectivity index (χ4n) is 2.68. The molecule has 0 aliphatic carbocycles. The van der Waals surface area contributed by atoms with Gasteiger partial charge in [-0.25, -0.2) is 0 Å². The average Bonchev–Trinajstić information content (AvgIpc) is 3.12. The second-order valence-corrected chi connectivity index (χ2v) is 5.18. The number of imide groups is 1. The number of hydrogen-bond donors (Lipinski definition) is 0. The van der Waals surface area contributed by atoms with Crippen LogP contribution >= 0.6 is 0 Å². The summed E-state index contributed by atoms with van der Waals surface area (Å²) in [5.41, 5.74) is 0.784. The number of nitrogens with zero attached hydrogens (tertiary/aromatic N) is 2. The lowest BCUT2D eigenvalue weighted by Crippen LogP contribution is -2.46. The van der Waals surface area contributed by atoms with E-state index in [0.29, 0.717) is 16.9 Å². The number of para-hydroxylation sites is 1. The van der Waals surface area contributed by atoms with Gasteiger partial charge in [0.05, 0.1) is 11.1 Å². The Bertz CT molecular complexity index is 781. The molecule has 2 aromatic rings. The lowest BCUT2D eigenvalue weighted by molar-refractivity contribution is 0.0559. The van der Waals surface area contributed by atoms with E-state index in [-0.39, 0.29) is 24.3 Å². The second kappa shape index (κ2) is 5.24.